The molecule has 0 spiro atoms. The standard InChI is InChI=1S/C30H28ClF6N5O2S/c1-4-24(43)40-8-15(3)41(9-14(40)2)28-19-5-20(30(35,36)37)25(18-6-21(31)23(34)7-22(18)33)27-26(19)42(29(44)38-28)17(13-45-27)12-39-10-16(32)11-39/h4-7,14-17H,1,8-13H2,2-3H3/t14-,15+,17?/m1/s1. The molecular weight excluding hydrogens is 644 g/mol. The number of nitrogens with zero attached hydrogens (tertiary/aromatic N) is 5. The number of piperazine rings is 1. The van der Waals surface area contributed by atoms with Gasteiger partial charge in [-0.15, -0.1) is 11.8 Å². The molecule has 3 aliphatic heterocycles. The average molecular weight is 672 g/mol. The van der Waals surface area contributed by atoms with Gasteiger partial charge in [0.15, 0.2) is 0 Å². The summed E-state index contributed by atoms with van der Waals surface area (Å²) in [5.41, 5.74) is -2.92. The summed E-state index contributed by atoms with van der Waals surface area (Å²) in [4.78, 5) is 35.7. The van der Waals surface area contributed by atoms with Crippen molar-refractivity contribution in [1.29, 1.82) is 0 Å². The van der Waals surface area contributed by atoms with Crippen LogP contribution in [0.5, 0.6) is 0 Å². The average Bonchev–Trinajstić information content (AvgIpc) is 2.96. The Kier molecular flexibility index (Phi) is 8.14. The first-order valence-corrected chi connectivity index (χ1v) is 15.6. The van der Waals surface area contributed by atoms with E-state index in [9.17, 15) is 31.5 Å². The third kappa shape index (κ3) is 5.48. The van der Waals surface area contributed by atoms with Gasteiger partial charge in [-0.2, -0.15) is 18.2 Å². The van der Waals surface area contributed by atoms with Gasteiger partial charge in [0.1, 0.15) is 23.6 Å². The Labute approximate surface area is 263 Å². The van der Waals surface area contributed by atoms with Gasteiger partial charge in [0, 0.05) is 78.0 Å². The van der Waals surface area contributed by atoms with Gasteiger partial charge in [-0.1, -0.05) is 18.2 Å². The molecule has 0 saturated carbocycles. The number of hydrogen-bond donors (Lipinski definition) is 0. The highest BCUT2D eigenvalue weighted by Crippen LogP contribution is 2.51. The van der Waals surface area contributed by atoms with Gasteiger partial charge in [0.2, 0.25) is 5.91 Å². The lowest BCUT2D eigenvalue weighted by atomic mass is 9.95. The Hall–Kier alpha value is -3.23. The molecular formula is C30H28ClF6N5O2S. The number of hydrogen-bond acceptors (Lipinski definition) is 6. The second-order valence-corrected chi connectivity index (χ2v) is 13.1. The highest BCUT2D eigenvalue weighted by atomic mass is 35.5. The van der Waals surface area contributed by atoms with Crippen LogP contribution in [0.25, 0.3) is 22.0 Å². The molecule has 1 unspecified atom stereocenters. The highest BCUT2D eigenvalue weighted by Gasteiger charge is 2.42. The number of carbonyl (C=O) groups is 1. The topological polar surface area (TPSA) is 61.7 Å². The number of aromatic nitrogens is 2. The largest absolute Gasteiger partial charge is 0.417 e. The summed E-state index contributed by atoms with van der Waals surface area (Å²) in [5, 5.41) is -0.548. The summed E-state index contributed by atoms with van der Waals surface area (Å²) in [7, 11) is 0. The van der Waals surface area contributed by atoms with E-state index in [1.54, 1.807) is 28.5 Å². The summed E-state index contributed by atoms with van der Waals surface area (Å²) in [5.74, 6) is -2.55. The number of amides is 1. The molecule has 0 bridgehead atoms. The maximum atomic E-state index is 15.3. The highest BCUT2D eigenvalue weighted by molar-refractivity contribution is 7.99. The predicted octanol–water partition coefficient (Wildman–Crippen LogP) is 5.93. The molecule has 2 aromatic carbocycles. The molecule has 2 fully saturated rings. The quantitative estimate of drug-likeness (QED) is 0.191. The number of halogens is 7. The molecule has 0 radical (unpaired) electrons. The molecule has 3 atom stereocenters. The van der Waals surface area contributed by atoms with Gasteiger partial charge in [-0.25, -0.2) is 18.0 Å². The van der Waals surface area contributed by atoms with Crippen LogP contribution in [-0.4, -0.2) is 82.0 Å². The lowest BCUT2D eigenvalue weighted by Crippen LogP contribution is -2.58. The second-order valence-electron chi connectivity index (χ2n) is 11.7. The molecule has 240 valence electrons. The van der Waals surface area contributed by atoms with E-state index in [4.69, 9.17) is 11.6 Å². The van der Waals surface area contributed by atoms with Crippen LogP contribution in [0.4, 0.5) is 32.2 Å². The number of alkyl halides is 4. The van der Waals surface area contributed by atoms with Gasteiger partial charge >= 0.3 is 11.9 Å². The normalized spacial score (nSPS) is 22.6. The second kappa shape index (κ2) is 11.5. The van der Waals surface area contributed by atoms with Crippen LogP contribution < -0.4 is 10.6 Å². The molecule has 1 aromatic heterocycles. The molecule has 0 N–H and O–H groups in total. The zero-order valence-electron chi connectivity index (χ0n) is 24.2. The number of anilines is 1. The van der Waals surface area contributed by atoms with Gasteiger partial charge in [-0.3, -0.25) is 14.3 Å². The van der Waals surface area contributed by atoms with Crippen molar-refractivity contribution in [2.75, 3.05) is 43.4 Å². The zero-order chi connectivity index (χ0) is 32.5. The maximum absolute atomic E-state index is 15.3. The molecule has 2 saturated heterocycles. The minimum atomic E-state index is -5.00. The Morgan fingerprint density at radius 2 is 1.82 bits per heavy atom. The van der Waals surface area contributed by atoms with Crippen molar-refractivity contribution in [2.24, 2.45) is 0 Å². The van der Waals surface area contributed by atoms with Crippen LogP contribution in [0.2, 0.25) is 5.02 Å². The van der Waals surface area contributed by atoms with Crippen LogP contribution in [0, 0.1) is 11.6 Å². The van der Waals surface area contributed by atoms with Crippen molar-refractivity contribution in [3.8, 4) is 11.1 Å². The van der Waals surface area contributed by atoms with Crippen molar-refractivity contribution in [1.82, 2.24) is 19.4 Å². The molecule has 4 heterocycles. The lowest BCUT2D eigenvalue weighted by molar-refractivity contribution is -0.137. The van der Waals surface area contributed by atoms with E-state index in [2.05, 4.69) is 11.6 Å². The molecule has 7 nitrogen and oxygen atoms in total. The van der Waals surface area contributed by atoms with E-state index in [1.165, 1.54) is 10.6 Å². The number of likely N-dealkylation sites (tertiary alicyclic amines) is 1. The van der Waals surface area contributed by atoms with Gasteiger partial charge in [0.05, 0.1) is 22.1 Å². The number of carbonyl (C=O) groups excluding carboxylic acids is 1. The first kappa shape index (κ1) is 31.7. The molecule has 0 aliphatic carbocycles. The summed E-state index contributed by atoms with van der Waals surface area (Å²) in [6.07, 6.45) is -4.82. The molecule has 3 aliphatic rings. The van der Waals surface area contributed by atoms with E-state index in [0.29, 0.717) is 6.07 Å². The number of rotatable bonds is 5. The Morgan fingerprint density at radius 1 is 1.11 bits per heavy atom. The monoisotopic (exact) mass is 671 g/mol. The maximum Gasteiger partial charge on any atom is 0.417 e. The van der Waals surface area contributed by atoms with Crippen molar-refractivity contribution in [3.63, 3.8) is 0 Å². The summed E-state index contributed by atoms with van der Waals surface area (Å²) in [6, 6.07) is 0.688. The van der Waals surface area contributed by atoms with E-state index < -0.39 is 69.5 Å². The minimum Gasteiger partial charge on any atom is -0.349 e. The fourth-order valence-electron chi connectivity index (χ4n) is 6.45. The SMILES string of the molecule is C=CC(=O)N1C[C@H](C)N(c2nc(=O)n3c4c(c(-c5cc(Cl)c(F)cc5F)c(C(F)(F)F)cc24)SCC3CN2CC(F)C2)C[C@H]1C. The molecule has 15 heteroatoms. The first-order valence-electron chi connectivity index (χ1n) is 14.2. The third-order valence-electron chi connectivity index (χ3n) is 8.61. The van der Waals surface area contributed by atoms with Gasteiger partial charge < -0.3 is 9.80 Å². The zero-order valence-corrected chi connectivity index (χ0v) is 25.7. The summed E-state index contributed by atoms with van der Waals surface area (Å²) in [6.45, 7) is 8.02. The summed E-state index contributed by atoms with van der Waals surface area (Å²) >= 11 is 6.95. The smallest absolute Gasteiger partial charge is 0.349 e. The van der Waals surface area contributed by atoms with Crippen LogP contribution in [0.15, 0.2) is 40.5 Å². The van der Waals surface area contributed by atoms with Crippen molar-refractivity contribution < 1.29 is 31.1 Å². The molecule has 6 rings (SSSR count). The summed E-state index contributed by atoms with van der Waals surface area (Å²) < 4.78 is 89.0. The number of thioether (sulfide) groups is 1. The Balaban J connectivity index is 1.63. The van der Waals surface area contributed by atoms with Crippen molar-refractivity contribution in [3.05, 3.63) is 63.6 Å². The third-order valence-corrected chi connectivity index (χ3v) is 10.1. The van der Waals surface area contributed by atoms with Crippen molar-refractivity contribution in [2.45, 2.75) is 49.2 Å². The number of benzene rings is 2. The van der Waals surface area contributed by atoms with Gasteiger partial charge in [-0.05, 0) is 32.1 Å². The lowest BCUT2D eigenvalue weighted by Gasteiger charge is -2.45. The van der Waals surface area contributed by atoms with Crippen LogP contribution in [0.3, 0.4) is 0 Å². The van der Waals surface area contributed by atoms with E-state index in [1.807, 2.05) is 0 Å². The van der Waals surface area contributed by atoms with E-state index in [0.717, 1.165) is 23.9 Å². The fraction of sp³-hybridized carbons (Fsp3) is 0.433. The molecule has 45 heavy (non-hydrogen) atoms. The fourth-order valence-corrected chi connectivity index (χ4v) is 7.94. The van der Waals surface area contributed by atoms with Crippen LogP contribution >= 0.6 is 23.4 Å². The van der Waals surface area contributed by atoms with Crippen LogP contribution in [-0.2, 0) is 11.0 Å². The van der Waals surface area contributed by atoms with Gasteiger partial charge in [0.25, 0.3) is 0 Å². The predicted molar refractivity (Wildman–Crippen MR) is 161 cm³/mol. The van der Waals surface area contributed by atoms with E-state index in [-0.39, 0.29) is 66.0 Å². The van der Waals surface area contributed by atoms with E-state index >= 15 is 4.39 Å². The van der Waals surface area contributed by atoms with Crippen molar-refractivity contribution >= 4 is 46.0 Å². The Bertz CT molecular complexity index is 1780. The van der Waals surface area contributed by atoms with Crippen LogP contribution in [0.1, 0.15) is 25.5 Å². The Morgan fingerprint density at radius 3 is 2.47 bits per heavy atom. The first-order chi connectivity index (χ1) is 21.2. The molecule has 1 amide bonds. The molecule has 3 aromatic rings. The minimum absolute atomic E-state index is 0.00114.